The van der Waals surface area contributed by atoms with E-state index in [1.54, 1.807) is 18.5 Å². The number of benzene rings is 1. The highest BCUT2D eigenvalue weighted by molar-refractivity contribution is 6.30. The average Bonchev–Trinajstić information content (AvgIpc) is 2.72. The molecule has 0 N–H and O–H groups in total. The first-order valence-electron chi connectivity index (χ1n) is 4.53. The van der Waals surface area contributed by atoms with E-state index in [-0.39, 0.29) is 0 Å². The fourth-order valence-corrected chi connectivity index (χ4v) is 1.35. The monoisotopic (exact) mass is 223 g/mol. The van der Waals surface area contributed by atoms with Gasteiger partial charge in [0.05, 0.1) is 6.20 Å². The molecule has 4 heteroatoms. The van der Waals surface area contributed by atoms with Crippen LogP contribution in [0.2, 0.25) is 5.02 Å². The van der Waals surface area contributed by atoms with Gasteiger partial charge in [0.1, 0.15) is 18.6 Å². The predicted molar refractivity (Wildman–Crippen MR) is 57.0 cm³/mol. The molecule has 0 atom stereocenters. The first-order valence-corrected chi connectivity index (χ1v) is 4.91. The van der Waals surface area contributed by atoms with Gasteiger partial charge in [-0.1, -0.05) is 22.8 Å². The third-order valence-corrected chi connectivity index (χ3v) is 2.26. The predicted octanol–water partition coefficient (Wildman–Crippen LogP) is 3.22. The van der Waals surface area contributed by atoms with E-state index in [1.165, 1.54) is 0 Å². The smallest absolute Gasteiger partial charge is 0.130 e. The number of rotatable bonds is 3. The zero-order valence-corrected chi connectivity index (χ0v) is 8.99. The highest BCUT2D eigenvalue weighted by Crippen LogP contribution is 2.23. The van der Waals surface area contributed by atoms with Crippen LogP contribution >= 0.6 is 11.6 Å². The van der Waals surface area contributed by atoms with Crippen molar-refractivity contribution in [2.75, 3.05) is 0 Å². The van der Waals surface area contributed by atoms with Crippen LogP contribution in [-0.4, -0.2) is 5.16 Å². The fraction of sp³-hybridized carbons (Fsp3) is 0.182. The number of nitrogens with zero attached hydrogens (tertiary/aromatic N) is 1. The Balaban J connectivity index is 2.07. The van der Waals surface area contributed by atoms with Crippen molar-refractivity contribution in [3.8, 4) is 5.75 Å². The molecular formula is C11H10ClNO2. The summed E-state index contributed by atoms with van der Waals surface area (Å²) in [5.41, 5.74) is 1.95. The largest absolute Gasteiger partial charge is 0.488 e. The van der Waals surface area contributed by atoms with E-state index < -0.39 is 0 Å². The molecule has 0 aliphatic heterocycles. The summed E-state index contributed by atoms with van der Waals surface area (Å²) in [7, 11) is 0. The van der Waals surface area contributed by atoms with Gasteiger partial charge in [0, 0.05) is 10.6 Å². The molecule has 1 aromatic heterocycles. The fourth-order valence-electron chi connectivity index (χ4n) is 1.19. The molecule has 2 aromatic rings. The molecular weight excluding hydrogens is 214 g/mol. The molecule has 1 aromatic carbocycles. The minimum absolute atomic E-state index is 0.435. The van der Waals surface area contributed by atoms with Crippen LogP contribution in [0.1, 0.15) is 11.1 Å². The first kappa shape index (κ1) is 10.1. The van der Waals surface area contributed by atoms with Gasteiger partial charge in [-0.3, -0.25) is 0 Å². The average molecular weight is 224 g/mol. The number of ether oxygens (including phenoxy) is 1. The third-order valence-electron chi connectivity index (χ3n) is 2.03. The van der Waals surface area contributed by atoms with Crippen LogP contribution in [-0.2, 0) is 6.61 Å². The Labute approximate surface area is 92.6 Å². The van der Waals surface area contributed by atoms with Crippen molar-refractivity contribution in [3.63, 3.8) is 0 Å². The topological polar surface area (TPSA) is 35.3 Å². The van der Waals surface area contributed by atoms with Gasteiger partial charge in [0.2, 0.25) is 0 Å². The summed E-state index contributed by atoms with van der Waals surface area (Å²) in [6, 6.07) is 5.55. The van der Waals surface area contributed by atoms with Gasteiger partial charge in [-0.2, -0.15) is 0 Å². The first-order chi connectivity index (χ1) is 7.25. The second-order valence-corrected chi connectivity index (χ2v) is 3.67. The summed E-state index contributed by atoms with van der Waals surface area (Å²) in [5.74, 6) is 0.781. The lowest BCUT2D eigenvalue weighted by molar-refractivity contribution is 0.302. The normalized spacial score (nSPS) is 10.3. The Hall–Kier alpha value is -1.48. The highest BCUT2D eigenvalue weighted by atomic mass is 35.5. The summed E-state index contributed by atoms with van der Waals surface area (Å²) in [6.07, 6.45) is 3.18. The van der Waals surface area contributed by atoms with Crippen molar-refractivity contribution in [3.05, 3.63) is 46.8 Å². The molecule has 0 bridgehead atoms. The number of aryl methyl sites for hydroxylation is 1. The van der Waals surface area contributed by atoms with Crippen molar-refractivity contribution >= 4 is 11.6 Å². The molecule has 15 heavy (non-hydrogen) atoms. The van der Waals surface area contributed by atoms with Crippen LogP contribution in [0.3, 0.4) is 0 Å². The third kappa shape index (κ3) is 2.50. The zero-order chi connectivity index (χ0) is 10.7. The van der Waals surface area contributed by atoms with Gasteiger partial charge >= 0.3 is 0 Å². The van der Waals surface area contributed by atoms with E-state index in [4.69, 9.17) is 20.9 Å². The van der Waals surface area contributed by atoms with Gasteiger partial charge < -0.3 is 9.26 Å². The summed E-state index contributed by atoms with van der Waals surface area (Å²) in [6.45, 7) is 2.41. The second kappa shape index (κ2) is 4.36. The maximum atomic E-state index is 5.87. The molecule has 0 saturated carbocycles. The van der Waals surface area contributed by atoms with Crippen molar-refractivity contribution < 1.29 is 9.26 Å². The van der Waals surface area contributed by atoms with Crippen molar-refractivity contribution in [1.82, 2.24) is 5.16 Å². The highest BCUT2D eigenvalue weighted by Gasteiger charge is 2.02. The molecule has 0 amide bonds. The van der Waals surface area contributed by atoms with Gasteiger partial charge in [-0.25, -0.2) is 0 Å². The van der Waals surface area contributed by atoms with Crippen LogP contribution in [0.25, 0.3) is 0 Å². The van der Waals surface area contributed by atoms with E-state index in [9.17, 15) is 0 Å². The Morgan fingerprint density at radius 2 is 2.33 bits per heavy atom. The van der Waals surface area contributed by atoms with Crippen molar-refractivity contribution in [2.45, 2.75) is 13.5 Å². The SMILES string of the molecule is Cc1ccc(Cl)cc1OCc1cnoc1. The lowest BCUT2D eigenvalue weighted by Gasteiger charge is -2.07. The minimum atomic E-state index is 0.435. The standard InChI is InChI=1S/C11H10ClNO2/c1-8-2-3-10(12)4-11(8)14-6-9-5-13-15-7-9/h2-5,7H,6H2,1H3. The molecule has 0 aliphatic carbocycles. The van der Waals surface area contributed by atoms with E-state index in [0.717, 1.165) is 16.9 Å². The van der Waals surface area contributed by atoms with Crippen LogP contribution < -0.4 is 4.74 Å². The van der Waals surface area contributed by atoms with Crippen LogP contribution in [0.15, 0.2) is 35.2 Å². The minimum Gasteiger partial charge on any atom is -0.488 e. The van der Waals surface area contributed by atoms with Gasteiger partial charge in [0.25, 0.3) is 0 Å². The lowest BCUT2D eigenvalue weighted by Crippen LogP contribution is -1.95. The van der Waals surface area contributed by atoms with Gasteiger partial charge in [0.15, 0.2) is 0 Å². The summed E-state index contributed by atoms with van der Waals surface area (Å²) < 4.78 is 10.3. The van der Waals surface area contributed by atoms with Gasteiger partial charge in [-0.15, -0.1) is 0 Å². The quantitative estimate of drug-likeness (QED) is 0.802. The Morgan fingerprint density at radius 3 is 3.07 bits per heavy atom. The van der Waals surface area contributed by atoms with Crippen LogP contribution in [0.4, 0.5) is 0 Å². The van der Waals surface area contributed by atoms with E-state index >= 15 is 0 Å². The molecule has 78 valence electrons. The molecule has 0 aliphatic rings. The van der Waals surface area contributed by atoms with E-state index in [2.05, 4.69) is 5.16 Å². The van der Waals surface area contributed by atoms with E-state index in [1.807, 2.05) is 19.1 Å². The van der Waals surface area contributed by atoms with Crippen LogP contribution in [0.5, 0.6) is 5.75 Å². The molecule has 1 heterocycles. The second-order valence-electron chi connectivity index (χ2n) is 3.23. The molecule has 0 radical (unpaired) electrons. The molecule has 3 nitrogen and oxygen atoms in total. The van der Waals surface area contributed by atoms with Crippen LogP contribution in [0, 0.1) is 6.92 Å². The Morgan fingerprint density at radius 1 is 1.47 bits per heavy atom. The summed E-state index contributed by atoms with van der Waals surface area (Å²) in [5, 5.41) is 4.26. The molecule has 0 spiro atoms. The molecule has 0 fully saturated rings. The van der Waals surface area contributed by atoms with Crippen molar-refractivity contribution in [1.29, 1.82) is 0 Å². The number of hydrogen-bond donors (Lipinski definition) is 0. The van der Waals surface area contributed by atoms with Gasteiger partial charge in [-0.05, 0) is 24.6 Å². The number of halogens is 1. The molecule has 2 rings (SSSR count). The van der Waals surface area contributed by atoms with E-state index in [0.29, 0.717) is 11.6 Å². The zero-order valence-electron chi connectivity index (χ0n) is 8.24. The molecule has 0 saturated heterocycles. The number of hydrogen-bond acceptors (Lipinski definition) is 3. The Kier molecular flexibility index (Phi) is 2.92. The van der Waals surface area contributed by atoms with Crippen molar-refractivity contribution in [2.24, 2.45) is 0 Å². The number of aromatic nitrogens is 1. The molecule has 0 unspecified atom stereocenters. The maximum Gasteiger partial charge on any atom is 0.130 e. The lowest BCUT2D eigenvalue weighted by atomic mass is 10.2. The Bertz CT molecular complexity index is 440. The maximum absolute atomic E-state index is 5.87. The summed E-state index contributed by atoms with van der Waals surface area (Å²) >= 11 is 5.87. The summed E-state index contributed by atoms with van der Waals surface area (Å²) in [4.78, 5) is 0.